The zero-order valence-corrected chi connectivity index (χ0v) is 13.6. The van der Waals surface area contributed by atoms with Gasteiger partial charge < -0.3 is 20.5 Å². The molecule has 124 valence electrons. The van der Waals surface area contributed by atoms with E-state index in [1.54, 1.807) is 0 Å². The van der Waals surface area contributed by atoms with E-state index in [-0.39, 0.29) is 23.7 Å². The van der Waals surface area contributed by atoms with Gasteiger partial charge in [0.2, 0.25) is 0 Å². The summed E-state index contributed by atoms with van der Waals surface area (Å²) in [6.07, 6.45) is 3.69. The SMILES string of the molecule is COc1cc(F)c(C(=O)NC2(CN)CCCC2)cc1OC.Cl. The standard InChI is InChI=1S/C15H21FN2O3.ClH/c1-20-12-7-10(11(16)8-13(12)21-2)14(19)18-15(9-17)5-3-4-6-15;/h7-8H,3-6,9,17H2,1-2H3,(H,18,19);1H. The second-order valence-corrected chi connectivity index (χ2v) is 5.33. The van der Waals surface area contributed by atoms with Crippen molar-refractivity contribution < 1.29 is 18.7 Å². The van der Waals surface area contributed by atoms with Crippen molar-refractivity contribution in [1.29, 1.82) is 0 Å². The highest BCUT2D eigenvalue weighted by Crippen LogP contribution is 2.32. The average Bonchev–Trinajstić information content (AvgIpc) is 2.95. The minimum absolute atomic E-state index is 0. The molecule has 1 saturated carbocycles. The number of ether oxygens (including phenoxy) is 2. The van der Waals surface area contributed by atoms with Crippen molar-refractivity contribution >= 4 is 18.3 Å². The van der Waals surface area contributed by atoms with Crippen LogP contribution in [0.5, 0.6) is 11.5 Å². The molecule has 7 heteroatoms. The van der Waals surface area contributed by atoms with Crippen molar-refractivity contribution in [3.05, 3.63) is 23.5 Å². The fourth-order valence-electron chi connectivity index (χ4n) is 2.77. The van der Waals surface area contributed by atoms with Crippen LogP contribution in [0.4, 0.5) is 4.39 Å². The predicted molar refractivity (Wildman–Crippen MR) is 84.5 cm³/mol. The lowest BCUT2D eigenvalue weighted by Crippen LogP contribution is -2.51. The van der Waals surface area contributed by atoms with Crippen LogP contribution in [0.15, 0.2) is 12.1 Å². The number of hydrogen-bond acceptors (Lipinski definition) is 4. The Bertz CT molecular complexity index is 534. The highest BCUT2D eigenvalue weighted by Gasteiger charge is 2.34. The molecular formula is C15H22ClFN2O3. The number of hydrogen-bond donors (Lipinski definition) is 2. The zero-order chi connectivity index (χ0) is 15.5. The molecule has 0 saturated heterocycles. The fraction of sp³-hybridized carbons (Fsp3) is 0.533. The smallest absolute Gasteiger partial charge is 0.254 e. The second kappa shape index (κ2) is 7.65. The van der Waals surface area contributed by atoms with E-state index >= 15 is 0 Å². The van der Waals surface area contributed by atoms with E-state index in [9.17, 15) is 9.18 Å². The van der Waals surface area contributed by atoms with Crippen LogP contribution in [0.25, 0.3) is 0 Å². The van der Waals surface area contributed by atoms with Crippen molar-refractivity contribution in [1.82, 2.24) is 5.32 Å². The molecule has 22 heavy (non-hydrogen) atoms. The van der Waals surface area contributed by atoms with Crippen LogP contribution in [-0.4, -0.2) is 32.2 Å². The molecule has 1 aromatic rings. The molecule has 0 aromatic heterocycles. The maximum Gasteiger partial charge on any atom is 0.254 e. The molecule has 1 aliphatic carbocycles. The summed E-state index contributed by atoms with van der Waals surface area (Å²) in [6, 6.07) is 2.50. The first-order chi connectivity index (χ1) is 10.0. The minimum Gasteiger partial charge on any atom is -0.493 e. The number of nitrogens with two attached hydrogens (primary N) is 1. The van der Waals surface area contributed by atoms with E-state index in [0.717, 1.165) is 31.7 Å². The van der Waals surface area contributed by atoms with E-state index in [1.165, 1.54) is 20.3 Å². The Kier molecular flexibility index (Phi) is 6.44. The maximum atomic E-state index is 14.1. The molecule has 0 unspecified atom stereocenters. The van der Waals surface area contributed by atoms with Gasteiger partial charge in [-0.15, -0.1) is 12.4 Å². The third-order valence-electron chi connectivity index (χ3n) is 4.05. The second-order valence-electron chi connectivity index (χ2n) is 5.33. The summed E-state index contributed by atoms with van der Waals surface area (Å²) in [6.45, 7) is 0.355. The zero-order valence-electron chi connectivity index (χ0n) is 12.8. The Hall–Kier alpha value is -1.53. The van der Waals surface area contributed by atoms with Gasteiger partial charge in [0.05, 0.1) is 25.3 Å². The van der Waals surface area contributed by atoms with E-state index in [1.807, 2.05) is 0 Å². The Morgan fingerprint density at radius 3 is 2.32 bits per heavy atom. The molecule has 3 N–H and O–H groups in total. The monoisotopic (exact) mass is 332 g/mol. The van der Waals surface area contributed by atoms with Gasteiger partial charge in [0, 0.05) is 12.6 Å². The van der Waals surface area contributed by atoms with Crippen LogP contribution < -0.4 is 20.5 Å². The molecule has 1 aliphatic rings. The van der Waals surface area contributed by atoms with Crippen LogP contribution in [-0.2, 0) is 0 Å². The molecule has 1 aromatic carbocycles. The van der Waals surface area contributed by atoms with Crippen molar-refractivity contribution in [3.63, 3.8) is 0 Å². The topological polar surface area (TPSA) is 73.6 Å². The van der Waals surface area contributed by atoms with E-state index < -0.39 is 17.3 Å². The first-order valence-electron chi connectivity index (χ1n) is 6.99. The molecule has 1 fully saturated rings. The molecule has 0 heterocycles. The number of rotatable bonds is 5. The average molecular weight is 333 g/mol. The summed E-state index contributed by atoms with van der Waals surface area (Å²) in [4.78, 5) is 12.4. The lowest BCUT2D eigenvalue weighted by atomic mass is 9.97. The van der Waals surface area contributed by atoms with Crippen LogP contribution in [0, 0.1) is 5.82 Å². The van der Waals surface area contributed by atoms with Crippen molar-refractivity contribution in [2.45, 2.75) is 31.2 Å². The van der Waals surface area contributed by atoms with Crippen LogP contribution in [0.3, 0.4) is 0 Å². The predicted octanol–water partition coefficient (Wildman–Crippen LogP) is 2.27. The largest absolute Gasteiger partial charge is 0.493 e. The lowest BCUT2D eigenvalue weighted by molar-refractivity contribution is 0.0898. The van der Waals surface area contributed by atoms with Gasteiger partial charge in [0.1, 0.15) is 5.82 Å². The number of amides is 1. The molecule has 0 spiro atoms. The van der Waals surface area contributed by atoms with Gasteiger partial charge in [-0.3, -0.25) is 4.79 Å². The number of benzene rings is 1. The number of carbonyl (C=O) groups is 1. The highest BCUT2D eigenvalue weighted by atomic mass is 35.5. The lowest BCUT2D eigenvalue weighted by Gasteiger charge is -2.28. The Morgan fingerprint density at radius 1 is 1.27 bits per heavy atom. The number of carbonyl (C=O) groups excluding carboxylic acids is 1. The van der Waals surface area contributed by atoms with Gasteiger partial charge in [-0.05, 0) is 18.9 Å². The van der Waals surface area contributed by atoms with Gasteiger partial charge >= 0.3 is 0 Å². The van der Waals surface area contributed by atoms with Gasteiger partial charge in [-0.1, -0.05) is 12.8 Å². The van der Waals surface area contributed by atoms with Gasteiger partial charge in [0.25, 0.3) is 5.91 Å². The van der Waals surface area contributed by atoms with Gasteiger partial charge in [-0.25, -0.2) is 4.39 Å². The quantitative estimate of drug-likeness (QED) is 0.867. The van der Waals surface area contributed by atoms with Crippen molar-refractivity contribution in [3.8, 4) is 11.5 Å². The summed E-state index contributed by atoms with van der Waals surface area (Å²) in [7, 11) is 2.86. The van der Waals surface area contributed by atoms with Crippen LogP contribution in [0.2, 0.25) is 0 Å². The summed E-state index contributed by atoms with van der Waals surface area (Å²) in [5, 5.41) is 2.89. The third kappa shape index (κ3) is 3.62. The Labute approximate surface area is 135 Å². The molecular weight excluding hydrogens is 311 g/mol. The molecule has 0 bridgehead atoms. The summed E-state index contributed by atoms with van der Waals surface area (Å²) >= 11 is 0. The van der Waals surface area contributed by atoms with Crippen LogP contribution in [0.1, 0.15) is 36.0 Å². The first-order valence-corrected chi connectivity index (χ1v) is 6.99. The molecule has 0 aliphatic heterocycles. The number of methoxy groups -OCH3 is 2. The van der Waals surface area contributed by atoms with Gasteiger partial charge in [-0.2, -0.15) is 0 Å². The van der Waals surface area contributed by atoms with E-state index in [4.69, 9.17) is 15.2 Å². The molecule has 5 nitrogen and oxygen atoms in total. The molecule has 0 atom stereocenters. The molecule has 2 rings (SSSR count). The number of nitrogens with one attached hydrogen (secondary N) is 1. The molecule has 0 radical (unpaired) electrons. The Balaban J connectivity index is 0.00000242. The summed E-state index contributed by atoms with van der Waals surface area (Å²) in [5.74, 6) is -0.547. The fourth-order valence-corrected chi connectivity index (χ4v) is 2.77. The molecule has 1 amide bonds. The van der Waals surface area contributed by atoms with Crippen molar-refractivity contribution in [2.24, 2.45) is 5.73 Å². The van der Waals surface area contributed by atoms with Gasteiger partial charge in [0.15, 0.2) is 11.5 Å². The summed E-state index contributed by atoms with van der Waals surface area (Å²) in [5.41, 5.74) is 5.30. The first kappa shape index (κ1) is 18.5. The van der Waals surface area contributed by atoms with Crippen molar-refractivity contribution in [2.75, 3.05) is 20.8 Å². The highest BCUT2D eigenvalue weighted by molar-refractivity contribution is 5.95. The number of halogens is 2. The minimum atomic E-state index is -0.643. The normalized spacial score (nSPS) is 15.8. The van der Waals surface area contributed by atoms with E-state index in [2.05, 4.69) is 5.32 Å². The van der Waals surface area contributed by atoms with E-state index in [0.29, 0.717) is 12.3 Å². The van der Waals surface area contributed by atoms with Crippen LogP contribution >= 0.6 is 12.4 Å². The summed E-state index contributed by atoms with van der Waals surface area (Å²) < 4.78 is 24.2. The Morgan fingerprint density at radius 2 is 1.82 bits per heavy atom. The maximum absolute atomic E-state index is 14.1. The third-order valence-corrected chi connectivity index (χ3v) is 4.05.